The summed E-state index contributed by atoms with van der Waals surface area (Å²) in [5.74, 6) is 2.82. The van der Waals surface area contributed by atoms with Crippen LogP contribution in [0.5, 0.6) is 0 Å². The Bertz CT molecular complexity index is 1040. The summed E-state index contributed by atoms with van der Waals surface area (Å²) in [6, 6.07) is 1.89. The SMILES string of the molecule is O=C([C@H]1CCCN1c1nc2c(c(Nc3cc(C4CCCC4)[nH]n3)n1)C[C@H](O)C2)N1CCCCC1. The van der Waals surface area contributed by atoms with E-state index in [1.807, 2.05) is 4.90 Å². The summed E-state index contributed by atoms with van der Waals surface area (Å²) in [6.45, 7) is 2.49. The molecule has 0 aromatic carbocycles. The molecule has 2 saturated heterocycles. The number of nitrogens with zero attached hydrogens (tertiary/aromatic N) is 5. The number of hydrogen-bond donors (Lipinski definition) is 3. The summed E-state index contributed by atoms with van der Waals surface area (Å²) in [5, 5.41) is 21.5. The molecule has 2 aromatic heterocycles. The number of aromatic nitrogens is 4. The molecule has 0 spiro atoms. The van der Waals surface area contributed by atoms with E-state index >= 15 is 0 Å². The number of nitrogens with one attached hydrogen (secondary N) is 2. The zero-order valence-electron chi connectivity index (χ0n) is 19.8. The third-order valence-corrected chi connectivity index (χ3v) is 8.05. The van der Waals surface area contributed by atoms with E-state index in [0.29, 0.717) is 30.5 Å². The Balaban J connectivity index is 1.27. The average molecular weight is 466 g/mol. The van der Waals surface area contributed by atoms with Gasteiger partial charge in [0.05, 0.1) is 11.8 Å². The number of aliphatic hydroxyl groups is 1. The summed E-state index contributed by atoms with van der Waals surface area (Å²) in [6.07, 6.45) is 10.8. The zero-order chi connectivity index (χ0) is 23.1. The Kier molecular flexibility index (Phi) is 5.89. The van der Waals surface area contributed by atoms with Gasteiger partial charge in [-0.3, -0.25) is 9.89 Å². The van der Waals surface area contributed by atoms with E-state index in [9.17, 15) is 9.90 Å². The number of fused-ring (bicyclic) bond motifs is 1. The lowest BCUT2D eigenvalue weighted by Gasteiger charge is -2.32. The molecule has 0 unspecified atom stereocenters. The molecule has 2 aromatic rings. The number of likely N-dealkylation sites (tertiary alicyclic amines) is 1. The highest BCUT2D eigenvalue weighted by Gasteiger charge is 2.37. The van der Waals surface area contributed by atoms with Crippen molar-refractivity contribution < 1.29 is 9.90 Å². The molecule has 4 aliphatic rings. The fourth-order valence-corrected chi connectivity index (χ4v) is 6.22. The Morgan fingerprint density at radius 2 is 1.82 bits per heavy atom. The van der Waals surface area contributed by atoms with Crippen LogP contribution in [-0.4, -0.2) is 67.9 Å². The molecule has 4 heterocycles. The van der Waals surface area contributed by atoms with Gasteiger partial charge in [-0.15, -0.1) is 0 Å². The van der Waals surface area contributed by atoms with Crippen LogP contribution in [0.3, 0.4) is 0 Å². The highest BCUT2D eigenvalue weighted by Crippen LogP contribution is 2.36. The first-order chi connectivity index (χ1) is 16.7. The monoisotopic (exact) mass is 465 g/mol. The molecule has 1 amide bonds. The highest BCUT2D eigenvalue weighted by atomic mass is 16.3. The van der Waals surface area contributed by atoms with Crippen LogP contribution in [0.4, 0.5) is 17.6 Å². The molecule has 0 radical (unpaired) electrons. The molecule has 182 valence electrons. The van der Waals surface area contributed by atoms with Gasteiger partial charge in [-0.2, -0.15) is 10.1 Å². The second kappa shape index (κ2) is 9.17. The first-order valence-electron chi connectivity index (χ1n) is 13.1. The van der Waals surface area contributed by atoms with Gasteiger partial charge in [0.2, 0.25) is 11.9 Å². The van der Waals surface area contributed by atoms with Gasteiger partial charge in [0.15, 0.2) is 5.82 Å². The van der Waals surface area contributed by atoms with Gasteiger partial charge in [0.25, 0.3) is 0 Å². The van der Waals surface area contributed by atoms with Crippen LogP contribution in [0.2, 0.25) is 0 Å². The number of aromatic amines is 1. The topological polar surface area (TPSA) is 110 Å². The van der Waals surface area contributed by atoms with Gasteiger partial charge in [0.1, 0.15) is 11.9 Å². The van der Waals surface area contributed by atoms with Crippen LogP contribution in [0.25, 0.3) is 0 Å². The van der Waals surface area contributed by atoms with Gasteiger partial charge >= 0.3 is 0 Å². The van der Waals surface area contributed by atoms with Gasteiger partial charge in [-0.05, 0) is 44.9 Å². The molecule has 2 atom stereocenters. The van der Waals surface area contributed by atoms with Gasteiger partial charge in [-0.25, -0.2) is 4.98 Å². The van der Waals surface area contributed by atoms with E-state index in [1.165, 1.54) is 37.8 Å². The predicted octanol–water partition coefficient (Wildman–Crippen LogP) is 3.04. The van der Waals surface area contributed by atoms with E-state index in [0.717, 1.165) is 62.4 Å². The first kappa shape index (κ1) is 21.8. The molecule has 1 saturated carbocycles. The maximum absolute atomic E-state index is 13.3. The van der Waals surface area contributed by atoms with E-state index in [2.05, 4.69) is 26.5 Å². The number of piperidine rings is 1. The normalized spacial score (nSPS) is 25.2. The third-order valence-electron chi connectivity index (χ3n) is 8.05. The molecule has 2 aliphatic heterocycles. The van der Waals surface area contributed by atoms with Crippen molar-refractivity contribution >= 4 is 23.5 Å². The number of hydrogen-bond acceptors (Lipinski definition) is 7. The van der Waals surface area contributed by atoms with Crippen molar-refractivity contribution in [3.8, 4) is 0 Å². The molecule has 2 aliphatic carbocycles. The smallest absolute Gasteiger partial charge is 0.245 e. The summed E-state index contributed by atoms with van der Waals surface area (Å²) >= 11 is 0. The molecule has 0 bridgehead atoms. The Labute approximate surface area is 200 Å². The summed E-state index contributed by atoms with van der Waals surface area (Å²) in [7, 11) is 0. The Morgan fingerprint density at radius 1 is 1.00 bits per heavy atom. The maximum atomic E-state index is 13.3. The number of amides is 1. The molecular weight excluding hydrogens is 430 g/mol. The highest BCUT2D eigenvalue weighted by molar-refractivity contribution is 5.85. The molecule has 9 nitrogen and oxygen atoms in total. The number of carbonyl (C=O) groups is 1. The quantitative estimate of drug-likeness (QED) is 0.622. The van der Waals surface area contributed by atoms with Crippen molar-refractivity contribution in [2.75, 3.05) is 29.9 Å². The lowest BCUT2D eigenvalue weighted by Crippen LogP contribution is -2.48. The number of aliphatic hydroxyl groups excluding tert-OH is 1. The number of carbonyl (C=O) groups excluding carboxylic acids is 1. The van der Waals surface area contributed by atoms with Crippen LogP contribution >= 0.6 is 0 Å². The predicted molar refractivity (Wildman–Crippen MR) is 129 cm³/mol. The zero-order valence-corrected chi connectivity index (χ0v) is 19.8. The van der Waals surface area contributed by atoms with Crippen LogP contribution in [0, 0.1) is 0 Å². The minimum Gasteiger partial charge on any atom is -0.392 e. The second-order valence-corrected chi connectivity index (χ2v) is 10.4. The summed E-state index contributed by atoms with van der Waals surface area (Å²) < 4.78 is 0. The molecular formula is C25H35N7O2. The van der Waals surface area contributed by atoms with E-state index in [4.69, 9.17) is 9.97 Å². The second-order valence-electron chi connectivity index (χ2n) is 10.4. The van der Waals surface area contributed by atoms with Crippen molar-refractivity contribution in [2.24, 2.45) is 0 Å². The lowest BCUT2D eigenvalue weighted by atomic mass is 10.0. The van der Waals surface area contributed by atoms with Crippen LogP contribution < -0.4 is 10.2 Å². The average Bonchev–Trinajstić information content (AvgIpc) is 3.65. The minimum absolute atomic E-state index is 0.199. The van der Waals surface area contributed by atoms with E-state index in [1.54, 1.807) is 0 Å². The van der Waals surface area contributed by atoms with Crippen LogP contribution in [0.1, 0.15) is 80.7 Å². The van der Waals surface area contributed by atoms with Gasteiger partial charge in [-0.1, -0.05) is 12.8 Å². The van der Waals surface area contributed by atoms with Crippen molar-refractivity contribution in [1.29, 1.82) is 0 Å². The Morgan fingerprint density at radius 3 is 2.65 bits per heavy atom. The number of rotatable bonds is 5. The minimum atomic E-state index is -0.447. The van der Waals surface area contributed by atoms with Crippen molar-refractivity contribution in [3.05, 3.63) is 23.0 Å². The Hall–Kier alpha value is -2.68. The number of anilines is 3. The number of H-pyrrole nitrogens is 1. The maximum Gasteiger partial charge on any atom is 0.245 e. The lowest BCUT2D eigenvalue weighted by molar-refractivity contribution is -0.133. The molecule has 9 heteroatoms. The molecule has 3 N–H and O–H groups in total. The van der Waals surface area contributed by atoms with Gasteiger partial charge < -0.3 is 20.2 Å². The van der Waals surface area contributed by atoms with E-state index in [-0.39, 0.29) is 11.9 Å². The molecule has 3 fully saturated rings. The van der Waals surface area contributed by atoms with Crippen LogP contribution in [-0.2, 0) is 17.6 Å². The largest absolute Gasteiger partial charge is 0.392 e. The van der Waals surface area contributed by atoms with Crippen LogP contribution in [0.15, 0.2) is 6.07 Å². The fourth-order valence-electron chi connectivity index (χ4n) is 6.22. The third kappa shape index (κ3) is 4.15. The van der Waals surface area contributed by atoms with Gasteiger partial charge in [0, 0.05) is 55.7 Å². The van der Waals surface area contributed by atoms with E-state index < -0.39 is 6.10 Å². The fraction of sp³-hybridized carbons (Fsp3) is 0.680. The van der Waals surface area contributed by atoms with Crippen molar-refractivity contribution in [2.45, 2.75) is 88.7 Å². The van der Waals surface area contributed by atoms with Crippen molar-refractivity contribution in [3.63, 3.8) is 0 Å². The first-order valence-corrected chi connectivity index (χ1v) is 13.1. The standard InChI is InChI=1S/C25H35N7O2/c33-17-13-18-20(14-17)26-25(32-12-6-9-21(32)24(34)31-10-4-1-5-11-31)28-23(18)27-22-15-19(29-30-22)16-7-2-3-8-16/h15-17,21,33H,1-14H2,(H2,26,27,28,29,30)/t17-,21+/m0/s1. The summed E-state index contributed by atoms with van der Waals surface area (Å²) in [4.78, 5) is 27.2. The molecule has 6 rings (SSSR count). The summed E-state index contributed by atoms with van der Waals surface area (Å²) in [5.41, 5.74) is 3.01. The molecule has 34 heavy (non-hydrogen) atoms. The van der Waals surface area contributed by atoms with Crippen molar-refractivity contribution in [1.82, 2.24) is 25.1 Å².